The van der Waals surface area contributed by atoms with Crippen molar-refractivity contribution in [1.29, 1.82) is 0 Å². The molecule has 1 N–H and O–H groups in total. The molecule has 3 rings (SSSR count). The molecule has 0 spiro atoms. The third-order valence-electron chi connectivity index (χ3n) is 3.65. The van der Waals surface area contributed by atoms with Gasteiger partial charge >= 0.3 is 0 Å². The highest BCUT2D eigenvalue weighted by molar-refractivity contribution is 5.63. The molecule has 0 atom stereocenters. The van der Waals surface area contributed by atoms with Crippen molar-refractivity contribution in [3.05, 3.63) is 76.6 Å². The van der Waals surface area contributed by atoms with Crippen LogP contribution in [0.2, 0.25) is 0 Å². The van der Waals surface area contributed by atoms with Crippen LogP contribution in [0.15, 0.2) is 54.1 Å². The Bertz CT molecular complexity index is 722. The molecular weight excluding hydrogens is 263 g/mol. The summed E-state index contributed by atoms with van der Waals surface area (Å²) in [4.78, 5) is 0. The highest BCUT2D eigenvalue weighted by Crippen LogP contribution is 2.31. The first kappa shape index (κ1) is 13.5. The summed E-state index contributed by atoms with van der Waals surface area (Å²) in [6.07, 6.45) is 3.16. The van der Waals surface area contributed by atoms with Crippen LogP contribution in [0.4, 0.5) is 4.39 Å². The number of rotatable bonds is 1. The van der Waals surface area contributed by atoms with Gasteiger partial charge in [0.2, 0.25) is 0 Å². The average Bonchev–Trinajstić information content (AvgIpc) is 2.45. The van der Waals surface area contributed by atoms with Crippen molar-refractivity contribution in [3.8, 4) is 11.8 Å². The fourth-order valence-electron chi connectivity index (χ4n) is 2.18. The van der Waals surface area contributed by atoms with Gasteiger partial charge in [-0.15, -0.1) is 0 Å². The quantitative estimate of drug-likeness (QED) is 0.593. The van der Waals surface area contributed by atoms with Gasteiger partial charge in [0.1, 0.15) is 11.6 Å². The van der Waals surface area contributed by atoms with Crippen LogP contribution < -0.4 is 0 Å². The van der Waals surface area contributed by atoms with Crippen molar-refractivity contribution < 1.29 is 9.50 Å². The van der Waals surface area contributed by atoms with Crippen molar-refractivity contribution in [2.75, 3.05) is 0 Å². The summed E-state index contributed by atoms with van der Waals surface area (Å²) in [6.45, 7) is 0. The van der Waals surface area contributed by atoms with Crippen LogP contribution in [0.5, 0.6) is 0 Å². The maximum Gasteiger partial charge on any atom is 0.123 e. The van der Waals surface area contributed by atoms with E-state index in [4.69, 9.17) is 0 Å². The number of allylic oxidation sites excluding steroid dienone is 1. The van der Waals surface area contributed by atoms with Crippen molar-refractivity contribution in [2.24, 2.45) is 0 Å². The molecule has 1 saturated carbocycles. The van der Waals surface area contributed by atoms with Gasteiger partial charge in [0, 0.05) is 16.7 Å². The Balaban J connectivity index is 1.77. The van der Waals surface area contributed by atoms with Crippen LogP contribution in [0.1, 0.15) is 36.0 Å². The van der Waals surface area contributed by atoms with Crippen LogP contribution in [0, 0.1) is 17.7 Å². The molecule has 0 saturated heterocycles. The van der Waals surface area contributed by atoms with Gasteiger partial charge in [0.05, 0.1) is 0 Å². The third-order valence-corrected chi connectivity index (χ3v) is 3.65. The predicted octanol–water partition coefficient (Wildman–Crippen LogP) is 4.68. The minimum atomic E-state index is -0.260. The van der Waals surface area contributed by atoms with Crippen LogP contribution in [0.25, 0.3) is 5.76 Å². The molecule has 104 valence electrons. The highest BCUT2D eigenvalue weighted by atomic mass is 19.1. The topological polar surface area (TPSA) is 20.2 Å². The lowest BCUT2D eigenvalue weighted by atomic mass is 9.89. The van der Waals surface area contributed by atoms with Gasteiger partial charge < -0.3 is 5.11 Å². The molecular formula is C19H15FO. The van der Waals surface area contributed by atoms with Gasteiger partial charge in [-0.25, -0.2) is 4.39 Å². The molecule has 0 unspecified atom stereocenters. The number of aliphatic hydroxyl groups excluding tert-OH is 1. The van der Waals surface area contributed by atoms with Gasteiger partial charge in [0.25, 0.3) is 0 Å². The van der Waals surface area contributed by atoms with Gasteiger partial charge in [-0.05, 0) is 61.2 Å². The normalized spacial score (nSPS) is 13.1. The minimum absolute atomic E-state index is 0.260. The Labute approximate surface area is 123 Å². The number of hydrogen-bond donors (Lipinski definition) is 1. The fourth-order valence-corrected chi connectivity index (χ4v) is 2.18. The van der Waals surface area contributed by atoms with E-state index in [1.165, 1.54) is 18.6 Å². The smallest absolute Gasteiger partial charge is 0.123 e. The summed E-state index contributed by atoms with van der Waals surface area (Å²) in [5, 5.41) is 10.1. The fraction of sp³-hybridized carbons (Fsp3) is 0.158. The molecule has 0 aliphatic heterocycles. The van der Waals surface area contributed by atoms with E-state index in [0.29, 0.717) is 5.76 Å². The van der Waals surface area contributed by atoms with E-state index in [0.717, 1.165) is 35.1 Å². The molecule has 0 aromatic heterocycles. The Hall–Kier alpha value is -2.53. The maximum atomic E-state index is 12.8. The van der Waals surface area contributed by atoms with E-state index < -0.39 is 0 Å². The summed E-state index contributed by atoms with van der Waals surface area (Å²) in [5.41, 5.74) is 3.63. The number of hydrogen-bond acceptors (Lipinski definition) is 1. The Morgan fingerprint density at radius 1 is 0.857 bits per heavy atom. The van der Waals surface area contributed by atoms with E-state index in [2.05, 4.69) is 11.8 Å². The van der Waals surface area contributed by atoms with Crippen molar-refractivity contribution in [3.63, 3.8) is 0 Å². The van der Waals surface area contributed by atoms with Crippen LogP contribution in [-0.4, -0.2) is 5.11 Å². The third kappa shape index (κ3) is 3.14. The van der Waals surface area contributed by atoms with E-state index in [1.807, 2.05) is 24.3 Å². The van der Waals surface area contributed by atoms with Crippen LogP contribution in [0.3, 0.4) is 0 Å². The van der Waals surface area contributed by atoms with Crippen LogP contribution >= 0.6 is 0 Å². The Morgan fingerprint density at radius 2 is 1.38 bits per heavy atom. The molecule has 0 radical (unpaired) electrons. The zero-order chi connectivity index (χ0) is 14.7. The zero-order valence-corrected chi connectivity index (χ0v) is 11.6. The summed E-state index contributed by atoms with van der Waals surface area (Å²) in [5.74, 6) is 6.18. The van der Waals surface area contributed by atoms with Gasteiger partial charge in [-0.3, -0.25) is 0 Å². The molecule has 21 heavy (non-hydrogen) atoms. The first-order chi connectivity index (χ1) is 10.2. The molecule has 0 amide bonds. The molecule has 1 aliphatic carbocycles. The molecule has 2 heteroatoms. The first-order valence-electron chi connectivity index (χ1n) is 7.01. The second kappa shape index (κ2) is 5.85. The molecule has 1 nitrogen and oxygen atoms in total. The average molecular weight is 278 g/mol. The number of aliphatic hydroxyl groups is 1. The number of benzene rings is 2. The summed E-state index contributed by atoms with van der Waals surface area (Å²) in [7, 11) is 0. The van der Waals surface area contributed by atoms with E-state index in [-0.39, 0.29) is 5.82 Å². The largest absolute Gasteiger partial charge is 0.507 e. The van der Waals surface area contributed by atoms with Crippen molar-refractivity contribution in [1.82, 2.24) is 0 Å². The second-order valence-electron chi connectivity index (χ2n) is 5.14. The zero-order valence-electron chi connectivity index (χ0n) is 11.6. The summed E-state index contributed by atoms with van der Waals surface area (Å²) < 4.78 is 12.8. The van der Waals surface area contributed by atoms with Gasteiger partial charge in [0.15, 0.2) is 0 Å². The molecule has 1 aliphatic rings. The van der Waals surface area contributed by atoms with Crippen molar-refractivity contribution in [2.45, 2.75) is 19.3 Å². The van der Waals surface area contributed by atoms with Crippen molar-refractivity contribution >= 4 is 5.76 Å². The minimum Gasteiger partial charge on any atom is -0.507 e. The predicted molar refractivity (Wildman–Crippen MR) is 82.2 cm³/mol. The Morgan fingerprint density at radius 3 is 1.86 bits per heavy atom. The maximum absolute atomic E-state index is 12.8. The van der Waals surface area contributed by atoms with Gasteiger partial charge in [-0.2, -0.15) is 0 Å². The number of halogens is 1. The SMILES string of the molecule is OC(=C1CCC1)c1ccc(C#Cc2ccc(F)cc2)cc1. The lowest BCUT2D eigenvalue weighted by Gasteiger charge is -2.18. The standard InChI is InChI=1S/C19H15FO/c20-18-12-8-15(9-13-18)5-4-14-6-10-17(11-7-14)19(21)16-2-1-3-16/h6-13,21H,1-3H2. The Kier molecular flexibility index (Phi) is 3.75. The van der Waals surface area contributed by atoms with Crippen LogP contribution in [-0.2, 0) is 0 Å². The molecule has 1 fully saturated rings. The molecule has 2 aromatic carbocycles. The van der Waals surface area contributed by atoms with E-state index in [9.17, 15) is 9.50 Å². The summed E-state index contributed by atoms with van der Waals surface area (Å²) in [6, 6.07) is 13.7. The summed E-state index contributed by atoms with van der Waals surface area (Å²) >= 11 is 0. The lowest BCUT2D eigenvalue weighted by Crippen LogP contribution is -2.01. The molecule has 2 aromatic rings. The van der Waals surface area contributed by atoms with Gasteiger partial charge in [-0.1, -0.05) is 24.0 Å². The van der Waals surface area contributed by atoms with E-state index >= 15 is 0 Å². The first-order valence-corrected chi connectivity index (χ1v) is 7.01. The second-order valence-corrected chi connectivity index (χ2v) is 5.14. The monoisotopic (exact) mass is 278 g/mol. The highest BCUT2D eigenvalue weighted by Gasteiger charge is 2.14. The lowest BCUT2D eigenvalue weighted by molar-refractivity contribution is 0.486. The molecule has 0 bridgehead atoms. The molecule has 0 heterocycles. The van der Waals surface area contributed by atoms with E-state index in [1.54, 1.807) is 12.1 Å².